The summed E-state index contributed by atoms with van der Waals surface area (Å²) in [5, 5.41) is 17.6. The predicted molar refractivity (Wildman–Crippen MR) is 76.2 cm³/mol. The maximum Gasteiger partial charge on any atom is 0.416 e. The molecule has 124 valence electrons. The van der Waals surface area contributed by atoms with Gasteiger partial charge in [-0.1, -0.05) is 17.3 Å². The lowest BCUT2D eigenvalue weighted by Gasteiger charge is -2.24. The molecule has 1 fully saturated rings. The lowest BCUT2D eigenvalue weighted by Crippen LogP contribution is -2.25. The minimum absolute atomic E-state index is 0.123. The summed E-state index contributed by atoms with van der Waals surface area (Å²) in [4.78, 5) is 2.03. The average molecular weight is 326 g/mol. The fourth-order valence-corrected chi connectivity index (χ4v) is 2.96. The number of hydrogen-bond donors (Lipinski definition) is 1. The highest BCUT2D eigenvalue weighted by atomic mass is 19.4. The molecule has 2 atom stereocenters. The van der Waals surface area contributed by atoms with Crippen molar-refractivity contribution >= 4 is 0 Å². The summed E-state index contributed by atoms with van der Waals surface area (Å²) < 4.78 is 39.6. The van der Waals surface area contributed by atoms with Crippen LogP contribution < -0.4 is 0 Å². The maximum absolute atomic E-state index is 12.7. The molecule has 5 nitrogen and oxygen atoms in total. The van der Waals surface area contributed by atoms with Crippen LogP contribution in [0.2, 0.25) is 0 Å². The van der Waals surface area contributed by atoms with Crippen LogP contribution in [-0.4, -0.2) is 37.6 Å². The zero-order valence-electron chi connectivity index (χ0n) is 12.5. The quantitative estimate of drug-likeness (QED) is 0.939. The third-order valence-corrected chi connectivity index (χ3v) is 4.18. The number of hydrogen-bond acceptors (Lipinski definition) is 4. The number of halogens is 3. The lowest BCUT2D eigenvalue weighted by molar-refractivity contribution is -0.137. The van der Waals surface area contributed by atoms with E-state index in [0.717, 1.165) is 23.4 Å². The molecule has 2 heterocycles. The van der Waals surface area contributed by atoms with E-state index in [2.05, 4.69) is 10.3 Å². The standard InChI is InChI=1S/C15H17F3N4O/c1-21-12(7-19-20-21)8-22-9-13(23)6-14(22)10-2-4-11(5-3-10)15(16,17)18/h2-5,7,13-14,23H,6,8-9H2,1H3. The third kappa shape index (κ3) is 3.37. The molecule has 23 heavy (non-hydrogen) atoms. The normalized spacial score (nSPS) is 22.7. The second-order valence-electron chi connectivity index (χ2n) is 5.80. The van der Waals surface area contributed by atoms with Crippen molar-refractivity contribution in [2.75, 3.05) is 6.54 Å². The Bertz CT molecular complexity index is 668. The number of aromatic nitrogens is 3. The largest absolute Gasteiger partial charge is 0.416 e. The van der Waals surface area contributed by atoms with Crippen LogP contribution in [-0.2, 0) is 19.8 Å². The summed E-state index contributed by atoms with van der Waals surface area (Å²) in [7, 11) is 1.78. The van der Waals surface area contributed by atoms with Crippen molar-refractivity contribution in [2.24, 2.45) is 7.05 Å². The van der Waals surface area contributed by atoms with Crippen LogP contribution in [0.1, 0.15) is 29.3 Å². The maximum atomic E-state index is 12.7. The molecule has 3 rings (SSSR count). The van der Waals surface area contributed by atoms with Crippen LogP contribution in [0.4, 0.5) is 13.2 Å². The summed E-state index contributed by atoms with van der Waals surface area (Å²) in [5.74, 6) is 0. The van der Waals surface area contributed by atoms with Gasteiger partial charge < -0.3 is 5.11 Å². The molecule has 0 spiro atoms. The van der Waals surface area contributed by atoms with Gasteiger partial charge in [0.25, 0.3) is 0 Å². The van der Waals surface area contributed by atoms with E-state index in [4.69, 9.17) is 0 Å². The Hall–Kier alpha value is -1.93. The summed E-state index contributed by atoms with van der Waals surface area (Å²) in [6, 6.07) is 5.02. The van der Waals surface area contributed by atoms with Crippen molar-refractivity contribution in [1.29, 1.82) is 0 Å². The molecule has 0 saturated carbocycles. The van der Waals surface area contributed by atoms with Crippen molar-refractivity contribution in [3.8, 4) is 0 Å². The highest BCUT2D eigenvalue weighted by Crippen LogP contribution is 2.35. The fourth-order valence-electron chi connectivity index (χ4n) is 2.96. The molecule has 2 aromatic rings. The number of aliphatic hydroxyl groups excluding tert-OH is 1. The number of aryl methyl sites for hydroxylation is 1. The smallest absolute Gasteiger partial charge is 0.392 e. The van der Waals surface area contributed by atoms with E-state index in [1.165, 1.54) is 12.1 Å². The molecule has 8 heteroatoms. The monoisotopic (exact) mass is 326 g/mol. The van der Waals surface area contributed by atoms with Crippen LogP contribution >= 0.6 is 0 Å². The van der Waals surface area contributed by atoms with Crippen LogP contribution in [0.15, 0.2) is 30.5 Å². The van der Waals surface area contributed by atoms with E-state index in [1.807, 2.05) is 4.90 Å². The Morgan fingerprint density at radius 3 is 2.52 bits per heavy atom. The molecule has 0 radical (unpaired) electrons. The highest BCUT2D eigenvalue weighted by Gasteiger charge is 2.34. The number of β-amino-alcohol motifs (C(OH)–C–C–N with tert-alkyl or cyclic N) is 1. The van der Waals surface area contributed by atoms with Gasteiger partial charge in [0.05, 0.1) is 23.6 Å². The Labute approximate surface area is 131 Å². The summed E-state index contributed by atoms with van der Waals surface area (Å²) in [6.45, 7) is 1.00. The molecule has 2 unspecified atom stereocenters. The average Bonchev–Trinajstić information content (AvgIpc) is 3.05. The number of aliphatic hydroxyl groups is 1. The van der Waals surface area contributed by atoms with Crippen LogP contribution in [0.5, 0.6) is 0 Å². The van der Waals surface area contributed by atoms with Gasteiger partial charge in [0.1, 0.15) is 0 Å². The number of benzene rings is 1. The number of nitrogens with zero attached hydrogens (tertiary/aromatic N) is 4. The van der Waals surface area contributed by atoms with Gasteiger partial charge in [-0.3, -0.25) is 9.58 Å². The van der Waals surface area contributed by atoms with E-state index < -0.39 is 17.8 Å². The SMILES string of the molecule is Cn1nncc1CN1CC(O)CC1c1ccc(C(F)(F)F)cc1. The van der Waals surface area contributed by atoms with Crippen LogP contribution in [0.3, 0.4) is 0 Å². The van der Waals surface area contributed by atoms with Gasteiger partial charge in [-0.15, -0.1) is 5.10 Å². The number of likely N-dealkylation sites (tertiary alicyclic amines) is 1. The van der Waals surface area contributed by atoms with Gasteiger partial charge in [0.2, 0.25) is 0 Å². The molecule has 1 aliphatic rings. The molecular weight excluding hydrogens is 309 g/mol. The Morgan fingerprint density at radius 1 is 1.26 bits per heavy atom. The first kappa shape index (κ1) is 15.9. The summed E-state index contributed by atoms with van der Waals surface area (Å²) >= 11 is 0. The molecule has 0 bridgehead atoms. The van der Waals surface area contributed by atoms with Crippen LogP contribution in [0, 0.1) is 0 Å². The minimum atomic E-state index is -4.34. The van der Waals surface area contributed by atoms with Crippen molar-refractivity contribution in [3.05, 3.63) is 47.3 Å². The Balaban J connectivity index is 1.80. The zero-order valence-corrected chi connectivity index (χ0v) is 12.5. The topological polar surface area (TPSA) is 54.2 Å². The second-order valence-corrected chi connectivity index (χ2v) is 5.80. The summed E-state index contributed by atoms with van der Waals surface area (Å²) in [6.07, 6.45) is -2.69. The van der Waals surface area contributed by atoms with E-state index in [-0.39, 0.29) is 6.04 Å². The molecule has 0 aliphatic carbocycles. The molecule has 1 aliphatic heterocycles. The van der Waals surface area contributed by atoms with E-state index in [9.17, 15) is 18.3 Å². The Morgan fingerprint density at radius 2 is 1.96 bits per heavy atom. The van der Waals surface area contributed by atoms with Crippen molar-refractivity contribution in [3.63, 3.8) is 0 Å². The van der Waals surface area contributed by atoms with Crippen molar-refractivity contribution in [1.82, 2.24) is 19.9 Å². The first-order chi connectivity index (χ1) is 10.8. The fraction of sp³-hybridized carbons (Fsp3) is 0.467. The lowest BCUT2D eigenvalue weighted by atomic mass is 10.0. The minimum Gasteiger partial charge on any atom is -0.392 e. The molecule has 1 saturated heterocycles. The number of rotatable bonds is 3. The Kier molecular flexibility index (Phi) is 4.11. The predicted octanol–water partition coefficient (Wildman–Crippen LogP) is 2.14. The van der Waals surface area contributed by atoms with Crippen molar-refractivity contribution < 1.29 is 18.3 Å². The van der Waals surface area contributed by atoms with Crippen molar-refractivity contribution in [2.45, 2.75) is 31.3 Å². The van der Waals surface area contributed by atoms with Gasteiger partial charge in [-0.25, -0.2) is 0 Å². The van der Waals surface area contributed by atoms with E-state index in [0.29, 0.717) is 19.5 Å². The second kappa shape index (κ2) is 5.93. The summed E-state index contributed by atoms with van der Waals surface area (Å²) in [5.41, 5.74) is 0.989. The van der Waals surface area contributed by atoms with Gasteiger partial charge >= 0.3 is 6.18 Å². The van der Waals surface area contributed by atoms with Gasteiger partial charge in [-0.05, 0) is 24.1 Å². The molecule has 1 aromatic carbocycles. The zero-order chi connectivity index (χ0) is 16.6. The van der Waals surface area contributed by atoms with E-state index in [1.54, 1.807) is 17.9 Å². The van der Waals surface area contributed by atoms with Gasteiger partial charge in [0, 0.05) is 26.2 Å². The van der Waals surface area contributed by atoms with Crippen LogP contribution in [0.25, 0.3) is 0 Å². The molecule has 0 amide bonds. The first-order valence-corrected chi connectivity index (χ1v) is 7.27. The first-order valence-electron chi connectivity index (χ1n) is 7.27. The third-order valence-electron chi connectivity index (χ3n) is 4.18. The number of alkyl halides is 3. The molecule has 1 N–H and O–H groups in total. The molecule has 1 aromatic heterocycles. The van der Waals surface area contributed by atoms with E-state index >= 15 is 0 Å². The molecular formula is C15H17F3N4O. The van der Waals surface area contributed by atoms with Gasteiger partial charge in [-0.2, -0.15) is 13.2 Å². The highest BCUT2D eigenvalue weighted by molar-refractivity contribution is 5.27. The van der Waals surface area contributed by atoms with Gasteiger partial charge in [0.15, 0.2) is 0 Å².